The average molecular weight is 403 g/mol. The van der Waals surface area contributed by atoms with Crippen LogP contribution >= 0.6 is 12.4 Å². The van der Waals surface area contributed by atoms with Gasteiger partial charge in [-0.2, -0.15) is 0 Å². The summed E-state index contributed by atoms with van der Waals surface area (Å²) in [5, 5.41) is 3.39. The quantitative estimate of drug-likeness (QED) is 0.687. The summed E-state index contributed by atoms with van der Waals surface area (Å²) in [7, 11) is 1.68. The lowest BCUT2D eigenvalue weighted by Crippen LogP contribution is -2.32. The van der Waals surface area contributed by atoms with Crippen LogP contribution in [0.15, 0.2) is 54.6 Å². The number of benzene rings is 2. The van der Waals surface area contributed by atoms with E-state index >= 15 is 0 Å². The molecule has 1 N–H and O–H groups in total. The Labute approximate surface area is 174 Å². The van der Waals surface area contributed by atoms with Crippen molar-refractivity contribution in [1.29, 1.82) is 0 Å². The van der Waals surface area contributed by atoms with E-state index in [4.69, 9.17) is 4.74 Å². The smallest absolute Gasteiger partial charge is 0.222 e. The van der Waals surface area contributed by atoms with Crippen molar-refractivity contribution in [3.05, 3.63) is 65.7 Å². The summed E-state index contributed by atoms with van der Waals surface area (Å²) in [6, 6.07) is 18.4. The lowest BCUT2D eigenvalue weighted by molar-refractivity contribution is -0.132. The van der Waals surface area contributed by atoms with Gasteiger partial charge in [-0.25, -0.2) is 0 Å². The summed E-state index contributed by atoms with van der Waals surface area (Å²) in [4.78, 5) is 14.9. The minimum atomic E-state index is 0. The van der Waals surface area contributed by atoms with Gasteiger partial charge in [-0.3, -0.25) is 4.79 Å². The van der Waals surface area contributed by atoms with Gasteiger partial charge in [0.1, 0.15) is 5.75 Å². The largest absolute Gasteiger partial charge is 0.497 e. The maximum atomic E-state index is 12.9. The summed E-state index contributed by atoms with van der Waals surface area (Å²) in [5.41, 5.74) is 2.41. The van der Waals surface area contributed by atoms with E-state index in [2.05, 4.69) is 29.6 Å². The third kappa shape index (κ3) is 6.84. The van der Waals surface area contributed by atoms with E-state index in [1.807, 2.05) is 35.2 Å². The van der Waals surface area contributed by atoms with Crippen LogP contribution in [0.3, 0.4) is 0 Å². The molecule has 0 aliphatic carbocycles. The van der Waals surface area contributed by atoms with Crippen LogP contribution in [0.2, 0.25) is 0 Å². The molecular weight excluding hydrogens is 372 g/mol. The molecule has 5 heteroatoms. The predicted octanol–water partition coefficient (Wildman–Crippen LogP) is 4.08. The van der Waals surface area contributed by atoms with Gasteiger partial charge in [0.2, 0.25) is 5.91 Å². The highest BCUT2D eigenvalue weighted by atomic mass is 35.5. The Morgan fingerprint density at radius 3 is 2.50 bits per heavy atom. The monoisotopic (exact) mass is 402 g/mol. The van der Waals surface area contributed by atoms with E-state index in [0.717, 1.165) is 38.2 Å². The summed E-state index contributed by atoms with van der Waals surface area (Å²) in [6.07, 6.45) is 3.67. The molecule has 28 heavy (non-hydrogen) atoms. The number of rotatable bonds is 9. The number of ether oxygens (including phenoxy) is 1. The zero-order valence-corrected chi connectivity index (χ0v) is 17.4. The number of halogens is 1. The molecule has 1 atom stereocenters. The van der Waals surface area contributed by atoms with E-state index in [1.54, 1.807) is 7.11 Å². The second kappa shape index (κ2) is 11.7. The van der Waals surface area contributed by atoms with Crippen LogP contribution in [0.1, 0.15) is 30.4 Å². The van der Waals surface area contributed by atoms with E-state index < -0.39 is 0 Å². The zero-order chi connectivity index (χ0) is 18.9. The van der Waals surface area contributed by atoms with Crippen LogP contribution in [0, 0.1) is 5.92 Å². The number of nitrogens with one attached hydrogen (secondary N) is 1. The summed E-state index contributed by atoms with van der Waals surface area (Å²) in [5.74, 6) is 1.77. The highest BCUT2D eigenvalue weighted by Crippen LogP contribution is 2.17. The second-order valence-corrected chi connectivity index (χ2v) is 7.30. The normalized spacial score (nSPS) is 15.7. The predicted molar refractivity (Wildman–Crippen MR) is 116 cm³/mol. The van der Waals surface area contributed by atoms with E-state index in [-0.39, 0.29) is 18.3 Å². The Morgan fingerprint density at radius 2 is 1.86 bits per heavy atom. The lowest BCUT2D eigenvalue weighted by Gasteiger charge is -2.24. The van der Waals surface area contributed by atoms with Crippen molar-refractivity contribution in [2.24, 2.45) is 5.92 Å². The first kappa shape index (κ1) is 22.3. The van der Waals surface area contributed by atoms with Crippen molar-refractivity contribution in [2.45, 2.75) is 32.2 Å². The molecule has 4 nitrogen and oxygen atoms in total. The molecule has 1 heterocycles. The first-order valence-electron chi connectivity index (χ1n) is 9.90. The topological polar surface area (TPSA) is 41.6 Å². The van der Waals surface area contributed by atoms with Crippen LogP contribution in [0.5, 0.6) is 5.75 Å². The molecule has 152 valence electrons. The van der Waals surface area contributed by atoms with Gasteiger partial charge < -0.3 is 15.0 Å². The van der Waals surface area contributed by atoms with Crippen LogP contribution in [0.4, 0.5) is 0 Å². The third-order valence-corrected chi connectivity index (χ3v) is 5.33. The molecule has 2 aromatic carbocycles. The molecule has 1 saturated heterocycles. The molecule has 1 aliphatic heterocycles. The first-order valence-corrected chi connectivity index (χ1v) is 9.90. The summed E-state index contributed by atoms with van der Waals surface area (Å²) in [6.45, 7) is 3.56. The van der Waals surface area contributed by atoms with Crippen LogP contribution in [-0.2, 0) is 17.8 Å². The van der Waals surface area contributed by atoms with Crippen molar-refractivity contribution in [2.75, 3.05) is 26.7 Å². The summed E-state index contributed by atoms with van der Waals surface area (Å²) < 4.78 is 5.22. The third-order valence-electron chi connectivity index (χ3n) is 5.33. The van der Waals surface area contributed by atoms with E-state index in [0.29, 0.717) is 18.9 Å². The highest BCUT2D eigenvalue weighted by molar-refractivity contribution is 5.85. The minimum Gasteiger partial charge on any atom is -0.497 e. The minimum absolute atomic E-state index is 0. The number of amides is 1. The average Bonchev–Trinajstić information content (AvgIpc) is 3.24. The van der Waals surface area contributed by atoms with Gasteiger partial charge in [-0.05, 0) is 61.5 Å². The summed E-state index contributed by atoms with van der Waals surface area (Å²) >= 11 is 0. The standard InChI is InChI=1S/C23H30N2O2.ClH/c1-27-22-10-7-19(8-11-22)14-16-25(18-21-5-3-2-4-6-21)23(26)12-9-20-13-15-24-17-20;/h2-8,10-11,20,24H,9,12-18H2,1H3;1H. The van der Waals surface area contributed by atoms with Gasteiger partial charge in [0.05, 0.1) is 7.11 Å². The molecule has 0 bridgehead atoms. The number of hydrogen-bond acceptors (Lipinski definition) is 3. The van der Waals surface area contributed by atoms with Gasteiger partial charge in [-0.15, -0.1) is 12.4 Å². The van der Waals surface area contributed by atoms with Crippen molar-refractivity contribution >= 4 is 18.3 Å². The van der Waals surface area contributed by atoms with Crippen LogP contribution < -0.4 is 10.1 Å². The van der Waals surface area contributed by atoms with Crippen molar-refractivity contribution in [1.82, 2.24) is 10.2 Å². The lowest BCUT2D eigenvalue weighted by atomic mass is 10.0. The number of carbonyl (C=O) groups excluding carboxylic acids is 1. The Balaban J connectivity index is 0.00000280. The fourth-order valence-corrected chi connectivity index (χ4v) is 3.60. The van der Waals surface area contributed by atoms with Crippen molar-refractivity contribution in [3.8, 4) is 5.75 Å². The Bertz CT molecular complexity index is 700. The molecular formula is C23H31ClN2O2. The number of nitrogens with zero attached hydrogens (tertiary/aromatic N) is 1. The Kier molecular flexibility index (Phi) is 9.32. The van der Waals surface area contributed by atoms with Gasteiger partial charge in [-0.1, -0.05) is 42.5 Å². The van der Waals surface area contributed by atoms with Gasteiger partial charge in [0.15, 0.2) is 0 Å². The van der Waals surface area contributed by atoms with Gasteiger partial charge in [0, 0.05) is 19.5 Å². The van der Waals surface area contributed by atoms with Crippen LogP contribution in [0.25, 0.3) is 0 Å². The molecule has 0 saturated carbocycles. The number of hydrogen-bond donors (Lipinski definition) is 1. The van der Waals surface area contributed by atoms with E-state index in [1.165, 1.54) is 17.5 Å². The molecule has 0 radical (unpaired) electrons. The molecule has 1 unspecified atom stereocenters. The Hall–Kier alpha value is -2.04. The van der Waals surface area contributed by atoms with Crippen molar-refractivity contribution in [3.63, 3.8) is 0 Å². The molecule has 1 amide bonds. The first-order chi connectivity index (χ1) is 13.2. The fraction of sp³-hybridized carbons (Fsp3) is 0.435. The molecule has 0 aromatic heterocycles. The maximum absolute atomic E-state index is 12.9. The van der Waals surface area contributed by atoms with Crippen LogP contribution in [-0.4, -0.2) is 37.6 Å². The van der Waals surface area contributed by atoms with Gasteiger partial charge >= 0.3 is 0 Å². The Morgan fingerprint density at radius 1 is 1.11 bits per heavy atom. The fourth-order valence-electron chi connectivity index (χ4n) is 3.60. The highest BCUT2D eigenvalue weighted by Gasteiger charge is 2.19. The van der Waals surface area contributed by atoms with Crippen molar-refractivity contribution < 1.29 is 9.53 Å². The molecule has 1 aliphatic rings. The number of carbonyl (C=O) groups is 1. The maximum Gasteiger partial charge on any atom is 0.222 e. The molecule has 2 aromatic rings. The SMILES string of the molecule is COc1ccc(CCN(Cc2ccccc2)C(=O)CCC2CCNC2)cc1.Cl. The second-order valence-electron chi connectivity index (χ2n) is 7.30. The number of methoxy groups -OCH3 is 1. The van der Waals surface area contributed by atoms with Gasteiger partial charge in [0.25, 0.3) is 0 Å². The molecule has 0 spiro atoms. The molecule has 3 rings (SSSR count). The zero-order valence-electron chi connectivity index (χ0n) is 16.6. The van der Waals surface area contributed by atoms with E-state index in [9.17, 15) is 4.79 Å². The molecule has 1 fully saturated rings.